The van der Waals surface area contributed by atoms with Crippen molar-refractivity contribution in [3.05, 3.63) is 35.9 Å². The van der Waals surface area contributed by atoms with E-state index in [-0.39, 0.29) is 13.0 Å². The van der Waals surface area contributed by atoms with Crippen LogP contribution in [0.1, 0.15) is 24.8 Å². The second kappa shape index (κ2) is 7.98. The molecular weight excluding hydrogens is 280 g/mol. The molecule has 0 fully saturated rings. The maximum Gasteiger partial charge on any atom is 0.303 e. The van der Waals surface area contributed by atoms with Crippen molar-refractivity contribution < 1.29 is 18.3 Å². The average molecular weight is 300 g/mol. The molecule has 0 saturated carbocycles. The first-order valence-corrected chi connectivity index (χ1v) is 7.82. The fourth-order valence-electron chi connectivity index (χ4n) is 1.64. The van der Waals surface area contributed by atoms with Crippen molar-refractivity contribution in [2.24, 2.45) is 0 Å². The maximum atomic E-state index is 11.9. The van der Waals surface area contributed by atoms with Crippen LogP contribution in [0, 0.1) is 0 Å². The fraction of sp³-hybridized carbons (Fsp3) is 0.462. The van der Waals surface area contributed by atoms with Crippen LogP contribution in [-0.2, 0) is 21.5 Å². The lowest BCUT2D eigenvalue weighted by Crippen LogP contribution is -2.38. The molecule has 1 aromatic rings. The van der Waals surface area contributed by atoms with Crippen LogP contribution in [0.3, 0.4) is 0 Å². The zero-order valence-corrected chi connectivity index (χ0v) is 12.3. The lowest BCUT2D eigenvalue weighted by atomic mass is 10.2. The number of rotatable bonds is 9. The van der Waals surface area contributed by atoms with E-state index < -0.39 is 16.2 Å². The molecule has 1 rings (SSSR count). The van der Waals surface area contributed by atoms with Crippen molar-refractivity contribution in [1.29, 1.82) is 0 Å². The highest BCUT2D eigenvalue weighted by molar-refractivity contribution is 7.87. The van der Waals surface area contributed by atoms with Crippen LogP contribution < -0.4 is 4.72 Å². The second-order valence-electron chi connectivity index (χ2n) is 4.49. The Morgan fingerprint density at radius 2 is 1.90 bits per heavy atom. The van der Waals surface area contributed by atoms with Gasteiger partial charge in [0.05, 0.1) is 0 Å². The van der Waals surface area contributed by atoms with Crippen LogP contribution in [-0.4, -0.2) is 37.4 Å². The molecule has 0 heterocycles. The zero-order chi connectivity index (χ0) is 15.0. The minimum Gasteiger partial charge on any atom is -0.481 e. The first-order valence-electron chi connectivity index (χ1n) is 6.38. The molecule has 6 nitrogen and oxygen atoms in total. The predicted molar refractivity (Wildman–Crippen MR) is 76.3 cm³/mol. The van der Waals surface area contributed by atoms with Crippen molar-refractivity contribution in [2.45, 2.75) is 25.8 Å². The third kappa shape index (κ3) is 6.14. The summed E-state index contributed by atoms with van der Waals surface area (Å²) in [4.78, 5) is 10.3. The SMILES string of the molecule is CN(Cc1ccccc1)S(=O)(=O)NCCCCC(=O)O. The van der Waals surface area contributed by atoms with E-state index in [1.54, 1.807) is 0 Å². The quantitative estimate of drug-likeness (QED) is 0.671. The number of carboxylic acids is 1. The van der Waals surface area contributed by atoms with Crippen molar-refractivity contribution >= 4 is 16.2 Å². The zero-order valence-electron chi connectivity index (χ0n) is 11.4. The number of carbonyl (C=O) groups is 1. The summed E-state index contributed by atoms with van der Waals surface area (Å²) < 4.78 is 27.6. The molecule has 20 heavy (non-hydrogen) atoms. The first-order chi connectivity index (χ1) is 9.42. The summed E-state index contributed by atoms with van der Waals surface area (Å²) in [6.45, 7) is 0.542. The van der Waals surface area contributed by atoms with Gasteiger partial charge in [-0.25, -0.2) is 4.72 Å². The van der Waals surface area contributed by atoms with Crippen molar-refractivity contribution in [1.82, 2.24) is 9.03 Å². The largest absolute Gasteiger partial charge is 0.481 e. The number of benzene rings is 1. The third-order valence-electron chi connectivity index (χ3n) is 2.76. The van der Waals surface area contributed by atoms with Gasteiger partial charge in [-0.2, -0.15) is 12.7 Å². The van der Waals surface area contributed by atoms with Crippen molar-refractivity contribution in [3.8, 4) is 0 Å². The highest BCUT2D eigenvalue weighted by atomic mass is 32.2. The Balaban J connectivity index is 2.38. The Morgan fingerprint density at radius 1 is 1.25 bits per heavy atom. The van der Waals surface area contributed by atoms with Crippen LogP contribution in [0.4, 0.5) is 0 Å². The summed E-state index contributed by atoms with van der Waals surface area (Å²) >= 11 is 0. The van der Waals surface area contributed by atoms with Gasteiger partial charge in [-0.1, -0.05) is 30.3 Å². The van der Waals surface area contributed by atoms with E-state index in [0.717, 1.165) is 5.56 Å². The average Bonchev–Trinajstić information content (AvgIpc) is 2.39. The highest BCUT2D eigenvalue weighted by Gasteiger charge is 2.16. The molecule has 0 aliphatic carbocycles. The molecule has 0 aromatic heterocycles. The first kappa shape index (κ1) is 16.6. The van der Waals surface area contributed by atoms with Gasteiger partial charge < -0.3 is 5.11 Å². The van der Waals surface area contributed by atoms with E-state index in [1.807, 2.05) is 30.3 Å². The lowest BCUT2D eigenvalue weighted by Gasteiger charge is -2.17. The number of aliphatic carboxylic acids is 1. The van der Waals surface area contributed by atoms with Crippen LogP contribution in [0.2, 0.25) is 0 Å². The molecule has 0 aliphatic heterocycles. The van der Waals surface area contributed by atoms with E-state index >= 15 is 0 Å². The normalized spacial score (nSPS) is 11.7. The monoisotopic (exact) mass is 300 g/mol. The van der Waals surface area contributed by atoms with Gasteiger partial charge in [-0.3, -0.25) is 4.79 Å². The molecule has 0 bridgehead atoms. The third-order valence-corrected chi connectivity index (χ3v) is 4.28. The number of unbranched alkanes of at least 4 members (excludes halogenated alkanes) is 1. The number of nitrogens with one attached hydrogen (secondary N) is 1. The standard InChI is InChI=1S/C13H20N2O4S/c1-15(11-12-7-3-2-4-8-12)20(18,19)14-10-6-5-9-13(16)17/h2-4,7-8,14H,5-6,9-11H2,1H3,(H,16,17). The summed E-state index contributed by atoms with van der Waals surface area (Å²) in [7, 11) is -2.02. The Bertz CT molecular complexity index is 516. The molecule has 7 heteroatoms. The van der Waals surface area contributed by atoms with Crippen LogP contribution in [0.5, 0.6) is 0 Å². The summed E-state index contributed by atoms with van der Waals surface area (Å²) in [5.74, 6) is -0.867. The van der Waals surface area contributed by atoms with Crippen LogP contribution in [0.15, 0.2) is 30.3 Å². The molecule has 1 aromatic carbocycles. The van der Waals surface area contributed by atoms with E-state index in [0.29, 0.717) is 19.4 Å². The molecule has 0 aliphatic rings. The van der Waals surface area contributed by atoms with Crippen molar-refractivity contribution in [3.63, 3.8) is 0 Å². The van der Waals surface area contributed by atoms with E-state index in [1.165, 1.54) is 11.4 Å². The topological polar surface area (TPSA) is 86.7 Å². The van der Waals surface area contributed by atoms with Gasteiger partial charge in [-0.05, 0) is 18.4 Å². The molecule has 2 N–H and O–H groups in total. The molecule has 0 atom stereocenters. The number of hydrogen-bond donors (Lipinski definition) is 2. The van der Waals surface area contributed by atoms with Gasteiger partial charge in [0.15, 0.2) is 0 Å². The van der Waals surface area contributed by atoms with Crippen molar-refractivity contribution in [2.75, 3.05) is 13.6 Å². The molecule has 0 unspecified atom stereocenters. The minimum absolute atomic E-state index is 0.0571. The molecule has 0 amide bonds. The highest BCUT2D eigenvalue weighted by Crippen LogP contribution is 2.05. The molecular formula is C13H20N2O4S. The van der Waals surface area contributed by atoms with Gasteiger partial charge in [0, 0.05) is 26.6 Å². The Morgan fingerprint density at radius 3 is 2.50 bits per heavy atom. The van der Waals surface area contributed by atoms with E-state index in [2.05, 4.69) is 4.72 Å². The maximum absolute atomic E-state index is 11.9. The predicted octanol–water partition coefficient (Wildman–Crippen LogP) is 1.21. The van der Waals surface area contributed by atoms with E-state index in [4.69, 9.17) is 5.11 Å². The van der Waals surface area contributed by atoms with Gasteiger partial charge in [0.2, 0.25) is 0 Å². The van der Waals surface area contributed by atoms with Gasteiger partial charge in [-0.15, -0.1) is 0 Å². The number of nitrogens with zero attached hydrogens (tertiary/aromatic N) is 1. The molecule has 0 saturated heterocycles. The molecule has 112 valence electrons. The number of hydrogen-bond acceptors (Lipinski definition) is 3. The Kier molecular flexibility index (Phi) is 6.63. The summed E-state index contributed by atoms with van der Waals surface area (Å²) in [6.07, 6.45) is 1.02. The Labute approximate surface area is 119 Å². The Hall–Kier alpha value is -1.44. The fourth-order valence-corrected chi connectivity index (χ4v) is 2.58. The summed E-state index contributed by atoms with van der Waals surface area (Å²) in [6, 6.07) is 9.31. The summed E-state index contributed by atoms with van der Waals surface area (Å²) in [5.41, 5.74) is 0.909. The van der Waals surface area contributed by atoms with Gasteiger partial charge >= 0.3 is 5.97 Å². The minimum atomic E-state index is -3.52. The molecule has 0 radical (unpaired) electrons. The van der Waals surface area contributed by atoms with E-state index in [9.17, 15) is 13.2 Å². The van der Waals surface area contributed by atoms with Crippen LogP contribution in [0.25, 0.3) is 0 Å². The lowest BCUT2D eigenvalue weighted by molar-refractivity contribution is -0.137. The number of carboxylic acid groups (broad SMARTS) is 1. The molecule has 0 spiro atoms. The summed E-state index contributed by atoms with van der Waals surface area (Å²) in [5, 5.41) is 8.48. The van der Waals surface area contributed by atoms with Gasteiger partial charge in [0.1, 0.15) is 0 Å². The second-order valence-corrected chi connectivity index (χ2v) is 6.35. The van der Waals surface area contributed by atoms with Gasteiger partial charge in [0.25, 0.3) is 10.2 Å². The smallest absolute Gasteiger partial charge is 0.303 e. The van der Waals surface area contributed by atoms with Crippen LogP contribution >= 0.6 is 0 Å².